The van der Waals surface area contributed by atoms with Crippen LogP contribution in [0.3, 0.4) is 0 Å². The van der Waals surface area contributed by atoms with E-state index in [1.807, 2.05) is 0 Å². The van der Waals surface area contributed by atoms with Gasteiger partial charge in [0.1, 0.15) is 17.3 Å². The van der Waals surface area contributed by atoms with Crippen molar-refractivity contribution in [3.8, 4) is 0 Å². The summed E-state index contributed by atoms with van der Waals surface area (Å²) in [5, 5.41) is 2.06. The van der Waals surface area contributed by atoms with Crippen LogP contribution in [0, 0.1) is 11.6 Å². The van der Waals surface area contributed by atoms with Crippen LogP contribution in [0.1, 0.15) is 5.56 Å². The van der Waals surface area contributed by atoms with Gasteiger partial charge in [0.05, 0.1) is 12.8 Å². The Morgan fingerprint density at radius 2 is 1.88 bits per heavy atom. The van der Waals surface area contributed by atoms with Crippen LogP contribution in [-0.4, -0.2) is 36.4 Å². The minimum Gasteiger partial charge on any atom is -0.320 e. The fourth-order valence-corrected chi connectivity index (χ4v) is 2.68. The molecular weight excluding hydrogens is 340 g/mol. The number of nitrogens with one attached hydrogen (secondary N) is 1. The molecule has 2 rings (SSSR count). The topological polar surface area (TPSA) is 79.4 Å². The van der Waals surface area contributed by atoms with Crippen molar-refractivity contribution in [1.29, 1.82) is 0 Å². The average molecular weight is 355 g/mol. The van der Waals surface area contributed by atoms with Crippen LogP contribution in [0.5, 0.6) is 0 Å². The number of sulfonamides is 1. The van der Waals surface area contributed by atoms with E-state index in [0.717, 1.165) is 28.8 Å². The van der Waals surface area contributed by atoms with Gasteiger partial charge in [-0.15, -0.1) is 0 Å². The molecule has 1 aromatic heterocycles. The smallest absolute Gasteiger partial charge is 0.239 e. The lowest BCUT2D eigenvalue weighted by Crippen LogP contribution is -2.37. The van der Waals surface area contributed by atoms with E-state index in [-0.39, 0.29) is 6.54 Å². The van der Waals surface area contributed by atoms with Gasteiger partial charge in [0.2, 0.25) is 15.9 Å². The third-order valence-corrected chi connectivity index (χ3v) is 4.29. The number of carbonyl (C=O) groups is 1. The highest BCUT2D eigenvalue weighted by molar-refractivity contribution is 7.88. The SMILES string of the molecule is CS(=O)(=O)N(CC(=O)Nc1c(F)cccc1F)Cc1cccnc1. The zero-order valence-corrected chi connectivity index (χ0v) is 13.6. The molecule has 0 aliphatic carbocycles. The van der Waals surface area contributed by atoms with Gasteiger partial charge in [-0.2, -0.15) is 4.31 Å². The Labute approximate surface area is 138 Å². The maximum absolute atomic E-state index is 13.5. The lowest BCUT2D eigenvalue weighted by molar-refractivity contribution is -0.116. The molecule has 0 atom stereocenters. The summed E-state index contributed by atoms with van der Waals surface area (Å²) in [6.45, 7) is -0.665. The van der Waals surface area contributed by atoms with Crippen molar-refractivity contribution in [3.63, 3.8) is 0 Å². The summed E-state index contributed by atoms with van der Waals surface area (Å²) < 4.78 is 51.6. The second kappa shape index (κ2) is 7.45. The van der Waals surface area contributed by atoms with Crippen LogP contribution in [-0.2, 0) is 21.4 Å². The van der Waals surface area contributed by atoms with Crippen LogP contribution in [0.15, 0.2) is 42.7 Å². The molecule has 0 aliphatic heterocycles. The predicted octanol–water partition coefficient (Wildman–Crippen LogP) is 1.76. The summed E-state index contributed by atoms with van der Waals surface area (Å²) in [4.78, 5) is 15.9. The van der Waals surface area contributed by atoms with E-state index >= 15 is 0 Å². The van der Waals surface area contributed by atoms with Crippen molar-refractivity contribution in [2.45, 2.75) is 6.54 Å². The summed E-state index contributed by atoms with van der Waals surface area (Å²) in [7, 11) is -3.71. The molecule has 0 fully saturated rings. The van der Waals surface area contributed by atoms with Crippen molar-refractivity contribution < 1.29 is 22.0 Å². The standard InChI is InChI=1S/C15H15F2N3O3S/c1-24(22,23)20(9-11-4-3-7-18-8-11)10-14(21)19-15-12(16)5-2-6-13(15)17/h2-8H,9-10H2,1H3,(H,19,21). The summed E-state index contributed by atoms with van der Waals surface area (Å²) in [5.41, 5.74) is -0.0369. The van der Waals surface area contributed by atoms with E-state index in [9.17, 15) is 22.0 Å². The highest BCUT2D eigenvalue weighted by Crippen LogP contribution is 2.18. The van der Waals surface area contributed by atoms with Crippen LogP contribution >= 0.6 is 0 Å². The molecule has 0 spiro atoms. The zero-order valence-electron chi connectivity index (χ0n) is 12.7. The van der Waals surface area contributed by atoms with Gasteiger partial charge in [0.15, 0.2) is 0 Å². The van der Waals surface area contributed by atoms with Crippen LogP contribution in [0.2, 0.25) is 0 Å². The van der Waals surface area contributed by atoms with E-state index < -0.39 is 39.8 Å². The first kappa shape index (κ1) is 18.0. The van der Waals surface area contributed by atoms with Gasteiger partial charge in [0.25, 0.3) is 0 Å². The van der Waals surface area contributed by atoms with E-state index in [0.29, 0.717) is 5.56 Å². The average Bonchev–Trinajstić information content (AvgIpc) is 2.50. The Morgan fingerprint density at radius 1 is 1.21 bits per heavy atom. The van der Waals surface area contributed by atoms with Gasteiger partial charge >= 0.3 is 0 Å². The highest BCUT2D eigenvalue weighted by Gasteiger charge is 2.22. The van der Waals surface area contributed by atoms with Crippen molar-refractivity contribution >= 4 is 21.6 Å². The third kappa shape index (κ3) is 4.80. The zero-order chi connectivity index (χ0) is 17.7. The molecule has 128 valence electrons. The molecule has 0 bridgehead atoms. The number of para-hydroxylation sites is 1. The second-order valence-corrected chi connectivity index (χ2v) is 7.02. The van der Waals surface area contributed by atoms with E-state index in [1.54, 1.807) is 12.1 Å². The first-order chi connectivity index (χ1) is 11.3. The number of aromatic nitrogens is 1. The normalized spacial score (nSPS) is 11.5. The monoisotopic (exact) mass is 355 g/mol. The molecule has 9 heteroatoms. The van der Waals surface area contributed by atoms with Crippen molar-refractivity contribution in [2.75, 3.05) is 18.1 Å². The van der Waals surface area contributed by atoms with Gasteiger partial charge in [-0.3, -0.25) is 9.78 Å². The largest absolute Gasteiger partial charge is 0.320 e. The quantitative estimate of drug-likeness (QED) is 0.856. The summed E-state index contributed by atoms with van der Waals surface area (Å²) in [6, 6.07) is 6.42. The Hall–Kier alpha value is -2.39. The molecule has 0 saturated carbocycles. The van der Waals surface area contributed by atoms with Crippen molar-refractivity contribution in [3.05, 3.63) is 59.9 Å². The molecule has 2 aromatic rings. The minimum absolute atomic E-state index is 0.0835. The number of anilines is 1. The van der Waals surface area contributed by atoms with E-state index in [1.165, 1.54) is 12.4 Å². The first-order valence-electron chi connectivity index (χ1n) is 6.85. The molecule has 1 heterocycles. The number of nitrogens with zero attached hydrogens (tertiary/aromatic N) is 2. The fourth-order valence-electron chi connectivity index (χ4n) is 1.94. The molecule has 1 aromatic carbocycles. The van der Waals surface area contributed by atoms with Crippen LogP contribution < -0.4 is 5.32 Å². The molecular formula is C15H15F2N3O3S. The lowest BCUT2D eigenvalue weighted by Gasteiger charge is -2.19. The fraction of sp³-hybridized carbons (Fsp3) is 0.200. The van der Waals surface area contributed by atoms with Gasteiger partial charge in [-0.05, 0) is 23.8 Å². The predicted molar refractivity (Wildman–Crippen MR) is 84.5 cm³/mol. The van der Waals surface area contributed by atoms with Crippen LogP contribution in [0.4, 0.5) is 14.5 Å². The summed E-state index contributed by atoms with van der Waals surface area (Å²) >= 11 is 0. The summed E-state index contributed by atoms with van der Waals surface area (Å²) in [6.07, 6.45) is 3.94. The van der Waals surface area contributed by atoms with Gasteiger partial charge in [-0.1, -0.05) is 12.1 Å². The molecule has 0 radical (unpaired) electrons. The number of carbonyl (C=O) groups excluding carboxylic acids is 1. The van der Waals surface area contributed by atoms with E-state index in [4.69, 9.17) is 0 Å². The number of pyridine rings is 1. The number of hydrogen-bond donors (Lipinski definition) is 1. The van der Waals surface area contributed by atoms with Crippen LogP contribution in [0.25, 0.3) is 0 Å². The van der Waals surface area contributed by atoms with Crippen molar-refractivity contribution in [1.82, 2.24) is 9.29 Å². The maximum Gasteiger partial charge on any atom is 0.239 e. The second-order valence-electron chi connectivity index (χ2n) is 5.04. The summed E-state index contributed by atoms with van der Waals surface area (Å²) in [5.74, 6) is -2.74. The lowest BCUT2D eigenvalue weighted by atomic mass is 10.3. The number of benzene rings is 1. The number of amides is 1. The van der Waals surface area contributed by atoms with Gasteiger partial charge in [0, 0.05) is 18.9 Å². The number of halogens is 2. The molecule has 24 heavy (non-hydrogen) atoms. The maximum atomic E-state index is 13.5. The Balaban J connectivity index is 2.13. The van der Waals surface area contributed by atoms with Gasteiger partial charge in [-0.25, -0.2) is 17.2 Å². The highest BCUT2D eigenvalue weighted by atomic mass is 32.2. The minimum atomic E-state index is -3.71. The molecule has 0 unspecified atom stereocenters. The first-order valence-corrected chi connectivity index (χ1v) is 8.70. The number of rotatable bonds is 6. The molecule has 0 aliphatic rings. The molecule has 1 amide bonds. The van der Waals surface area contributed by atoms with Crippen molar-refractivity contribution in [2.24, 2.45) is 0 Å². The number of hydrogen-bond acceptors (Lipinski definition) is 4. The Morgan fingerprint density at radius 3 is 2.42 bits per heavy atom. The molecule has 1 N–H and O–H groups in total. The van der Waals surface area contributed by atoms with Gasteiger partial charge < -0.3 is 5.32 Å². The molecule has 6 nitrogen and oxygen atoms in total. The Bertz CT molecular complexity index is 809. The third-order valence-electron chi connectivity index (χ3n) is 3.10. The molecule has 0 saturated heterocycles. The Kier molecular flexibility index (Phi) is 5.58. The van der Waals surface area contributed by atoms with E-state index in [2.05, 4.69) is 10.3 Å².